The highest BCUT2D eigenvalue weighted by Crippen LogP contribution is 2.22. The Labute approximate surface area is 89.8 Å². The maximum absolute atomic E-state index is 13.2. The summed E-state index contributed by atoms with van der Waals surface area (Å²) in [7, 11) is 0. The zero-order chi connectivity index (χ0) is 11.6. The lowest BCUT2D eigenvalue weighted by molar-refractivity contribution is -0.385. The van der Waals surface area contributed by atoms with Gasteiger partial charge < -0.3 is 0 Å². The zero-order valence-electron chi connectivity index (χ0n) is 7.79. The van der Waals surface area contributed by atoms with E-state index >= 15 is 0 Å². The Bertz CT molecular complexity index is 434. The van der Waals surface area contributed by atoms with E-state index in [1.165, 1.54) is 6.92 Å². The summed E-state index contributed by atoms with van der Waals surface area (Å²) in [5.74, 6) is -1.86. The summed E-state index contributed by atoms with van der Waals surface area (Å²) in [6, 6.07) is 1.87. The molecule has 0 saturated heterocycles. The Hall–Kier alpha value is -1.49. The van der Waals surface area contributed by atoms with Gasteiger partial charge in [-0.05, 0) is 13.0 Å². The van der Waals surface area contributed by atoms with Gasteiger partial charge in [-0.25, -0.2) is 4.39 Å². The fourth-order valence-electron chi connectivity index (χ4n) is 1.15. The molecule has 0 N–H and O–H groups in total. The maximum atomic E-state index is 13.2. The third-order valence-corrected chi connectivity index (χ3v) is 2.15. The summed E-state index contributed by atoms with van der Waals surface area (Å²) in [6.07, 6.45) is 0. The van der Waals surface area contributed by atoms with Gasteiger partial charge in [0.2, 0.25) is 0 Å². The number of aryl methyl sites for hydroxylation is 1. The van der Waals surface area contributed by atoms with E-state index in [0.29, 0.717) is 0 Å². The SMILES string of the molecule is Cc1cc(C(=O)CCl)c(F)cc1[N+](=O)[O-]. The van der Waals surface area contributed by atoms with Crippen LogP contribution in [-0.2, 0) is 0 Å². The highest BCUT2D eigenvalue weighted by atomic mass is 35.5. The molecule has 0 bridgehead atoms. The molecule has 0 unspecified atom stereocenters. The fourth-order valence-corrected chi connectivity index (χ4v) is 1.30. The highest BCUT2D eigenvalue weighted by Gasteiger charge is 2.18. The summed E-state index contributed by atoms with van der Waals surface area (Å²) in [5, 5.41) is 10.5. The second-order valence-corrected chi connectivity index (χ2v) is 3.20. The minimum absolute atomic E-state index is 0.215. The molecule has 1 rings (SSSR count). The van der Waals surface area contributed by atoms with Gasteiger partial charge in [-0.15, -0.1) is 11.6 Å². The van der Waals surface area contributed by atoms with E-state index in [9.17, 15) is 19.3 Å². The van der Waals surface area contributed by atoms with E-state index in [4.69, 9.17) is 11.6 Å². The molecule has 0 aliphatic heterocycles. The molecule has 0 heterocycles. The first-order valence-electron chi connectivity index (χ1n) is 4.01. The second kappa shape index (κ2) is 4.35. The lowest BCUT2D eigenvalue weighted by atomic mass is 10.1. The Morgan fingerprint density at radius 3 is 2.67 bits per heavy atom. The van der Waals surface area contributed by atoms with Crippen LogP contribution in [0.3, 0.4) is 0 Å². The largest absolute Gasteiger partial charge is 0.293 e. The number of nitrogens with zero attached hydrogens (tertiary/aromatic N) is 1. The molecule has 0 aliphatic rings. The summed E-state index contributed by atoms with van der Waals surface area (Å²) in [6.45, 7) is 1.43. The predicted molar refractivity (Wildman–Crippen MR) is 52.8 cm³/mol. The minimum atomic E-state index is -0.919. The van der Waals surface area contributed by atoms with Crippen LogP contribution in [-0.4, -0.2) is 16.6 Å². The van der Waals surface area contributed by atoms with E-state index in [0.717, 1.165) is 12.1 Å². The number of benzene rings is 1. The number of carbonyl (C=O) groups is 1. The van der Waals surface area contributed by atoms with Gasteiger partial charge in [0.25, 0.3) is 5.69 Å². The molecule has 6 heteroatoms. The van der Waals surface area contributed by atoms with Crippen LogP contribution in [0.15, 0.2) is 12.1 Å². The molecule has 0 fully saturated rings. The van der Waals surface area contributed by atoms with E-state index in [1.54, 1.807) is 0 Å². The molecule has 0 saturated carbocycles. The van der Waals surface area contributed by atoms with Crippen molar-refractivity contribution >= 4 is 23.1 Å². The second-order valence-electron chi connectivity index (χ2n) is 2.93. The molecule has 15 heavy (non-hydrogen) atoms. The molecular formula is C9H7ClFNO3. The number of hydrogen-bond donors (Lipinski definition) is 0. The number of Topliss-reactive ketones (excluding diaryl/α,β-unsaturated/α-hetero) is 1. The van der Waals surface area contributed by atoms with E-state index < -0.39 is 16.5 Å². The van der Waals surface area contributed by atoms with Gasteiger partial charge in [0.1, 0.15) is 5.82 Å². The normalized spacial score (nSPS) is 10.1. The van der Waals surface area contributed by atoms with Crippen molar-refractivity contribution in [2.45, 2.75) is 6.92 Å². The van der Waals surface area contributed by atoms with E-state index in [2.05, 4.69) is 0 Å². The molecule has 1 aromatic rings. The van der Waals surface area contributed by atoms with Gasteiger partial charge in [-0.2, -0.15) is 0 Å². The standard InChI is InChI=1S/C9H7ClFNO3/c1-5-2-6(9(13)4-10)7(11)3-8(5)12(14)15/h2-3H,4H2,1H3. The van der Waals surface area contributed by atoms with Crippen LogP contribution in [0.25, 0.3) is 0 Å². The van der Waals surface area contributed by atoms with Crippen LogP contribution in [0.1, 0.15) is 15.9 Å². The molecule has 0 radical (unpaired) electrons. The first-order chi connectivity index (χ1) is 6.97. The molecular weight excluding hydrogens is 225 g/mol. The first-order valence-corrected chi connectivity index (χ1v) is 4.54. The number of ketones is 1. The van der Waals surface area contributed by atoms with E-state index in [-0.39, 0.29) is 22.7 Å². The van der Waals surface area contributed by atoms with Crippen LogP contribution in [0, 0.1) is 22.9 Å². The summed E-state index contributed by atoms with van der Waals surface area (Å²) in [5.41, 5.74) is -0.332. The van der Waals surface area contributed by atoms with Crippen molar-refractivity contribution in [1.29, 1.82) is 0 Å². The predicted octanol–water partition coefficient (Wildman–Crippen LogP) is 2.46. The number of nitro groups is 1. The number of rotatable bonds is 3. The van der Waals surface area contributed by atoms with Gasteiger partial charge in [0.05, 0.1) is 22.4 Å². The smallest absolute Gasteiger partial charge is 0.275 e. The van der Waals surface area contributed by atoms with Crippen molar-refractivity contribution in [3.63, 3.8) is 0 Å². The summed E-state index contributed by atoms with van der Waals surface area (Å²) in [4.78, 5) is 20.9. The number of alkyl halides is 1. The molecule has 4 nitrogen and oxygen atoms in total. The first kappa shape index (κ1) is 11.6. The van der Waals surface area contributed by atoms with Crippen molar-refractivity contribution < 1.29 is 14.1 Å². The molecule has 0 atom stereocenters. The lowest BCUT2D eigenvalue weighted by Gasteiger charge is -2.02. The van der Waals surface area contributed by atoms with Crippen molar-refractivity contribution in [1.82, 2.24) is 0 Å². The third-order valence-electron chi connectivity index (χ3n) is 1.90. The Kier molecular flexibility index (Phi) is 3.36. The van der Waals surface area contributed by atoms with Crippen LogP contribution >= 0.6 is 11.6 Å². The Morgan fingerprint density at radius 1 is 1.60 bits per heavy atom. The van der Waals surface area contributed by atoms with Gasteiger partial charge in [-0.1, -0.05) is 0 Å². The topological polar surface area (TPSA) is 60.2 Å². The number of carbonyl (C=O) groups excluding carboxylic acids is 1. The Balaban J connectivity index is 3.31. The maximum Gasteiger partial charge on any atom is 0.275 e. The van der Waals surface area contributed by atoms with Crippen molar-refractivity contribution in [2.75, 3.05) is 5.88 Å². The number of nitro benzene ring substituents is 1. The molecule has 0 aliphatic carbocycles. The van der Waals surface area contributed by atoms with Crippen molar-refractivity contribution in [2.24, 2.45) is 0 Å². The quantitative estimate of drug-likeness (QED) is 0.347. The van der Waals surface area contributed by atoms with Crippen LogP contribution < -0.4 is 0 Å². The van der Waals surface area contributed by atoms with Crippen molar-refractivity contribution in [3.8, 4) is 0 Å². The van der Waals surface area contributed by atoms with Crippen LogP contribution in [0.4, 0.5) is 10.1 Å². The zero-order valence-corrected chi connectivity index (χ0v) is 8.55. The highest BCUT2D eigenvalue weighted by molar-refractivity contribution is 6.30. The molecule has 0 amide bonds. The summed E-state index contributed by atoms with van der Waals surface area (Å²) < 4.78 is 13.2. The average molecular weight is 232 g/mol. The van der Waals surface area contributed by atoms with Gasteiger partial charge >= 0.3 is 0 Å². The van der Waals surface area contributed by atoms with E-state index in [1.807, 2.05) is 0 Å². The Morgan fingerprint density at radius 2 is 2.20 bits per heavy atom. The fraction of sp³-hybridized carbons (Fsp3) is 0.222. The molecule has 80 valence electrons. The molecule has 0 spiro atoms. The lowest BCUT2D eigenvalue weighted by Crippen LogP contribution is -2.05. The van der Waals surface area contributed by atoms with Crippen LogP contribution in [0.2, 0.25) is 0 Å². The molecule has 1 aromatic carbocycles. The monoisotopic (exact) mass is 231 g/mol. The number of hydrogen-bond acceptors (Lipinski definition) is 3. The minimum Gasteiger partial charge on any atom is -0.293 e. The van der Waals surface area contributed by atoms with Gasteiger partial charge in [0, 0.05) is 5.56 Å². The van der Waals surface area contributed by atoms with Crippen molar-refractivity contribution in [3.05, 3.63) is 39.2 Å². The van der Waals surface area contributed by atoms with Crippen LogP contribution in [0.5, 0.6) is 0 Å². The van der Waals surface area contributed by atoms with Gasteiger partial charge in [0.15, 0.2) is 5.78 Å². The number of halogens is 2. The average Bonchev–Trinajstić information content (AvgIpc) is 2.19. The third kappa shape index (κ3) is 2.30. The summed E-state index contributed by atoms with van der Waals surface area (Å²) >= 11 is 5.26. The molecule has 0 aromatic heterocycles. The van der Waals surface area contributed by atoms with Gasteiger partial charge in [-0.3, -0.25) is 14.9 Å².